The van der Waals surface area contributed by atoms with Crippen LogP contribution in [0.5, 0.6) is 0 Å². The molecule has 0 unspecified atom stereocenters. The smallest absolute Gasteiger partial charge is 0.274 e. The number of aliphatic hydroxyl groups excluding tert-OH is 1. The predicted octanol–water partition coefficient (Wildman–Crippen LogP) is -0.0833. The van der Waals surface area contributed by atoms with Crippen molar-refractivity contribution in [3.63, 3.8) is 0 Å². The molecule has 0 saturated carbocycles. The van der Waals surface area contributed by atoms with E-state index in [0.29, 0.717) is 17.7 Å². The van der Waals surface area contributed by atoms with Gasteiger partial charge in [0.25, 0.3) is 5.69 Å². The zero-order valence-corrected chi connectivity index (χ0v) is 7.91. The van der Waals surface area contributed by atoms with Crippen molar-refractivity contribution < 1.29 is 15.2 Å². The Labute approximate surface area is 85.0 Å². The molecule has 0 amide bonds. The van der Waals surface area contributed by atoms with E-state index in [-0.39, 0.29) is 17.8 Å². The Balaban J connectivity index is 3.00. The number of rotatable bonds is 4. The fourth-order valence-electron chi connectivity index (χ4n) is 0.966. The molecule has 1 heterocycles. The van der Waals surface area contributed by atoms with Crippen LogP contribution in [0.25, 0.3) is 0 Å². The molecule has 0 aliphatic heterocycles. The average molecular weight is 213 g/mol. The second kappa shape index (κ2) is 5.11. The molecule has 1 aromatic heterocycles. The molecule has 0 saturated heterocycles. The molecule has 0 aliphatic rings. The van der Waals surface area contributed by atoms with Crippen LogP contribution < -0.4 is 5.49 Å². The van der Waals surface area contributed by atoms with E-state index >= 15 is 0 Å². The minimum absolute atomic E-state index is 0.0101. The summed E-state index contributed by atoms with van der Waals surface area (Å²) in [7, 11) is 0. The molecule has 0 aromatic carbocycles. The number of pyridine rings is 1. The maximum absolute atomic E-state index is 10.4. The summed E-state index contributed by atoms with van der Waals surface area (Å²) >= 11 is 0. The molecule has 0 fully saturated rings. The van der Waals surface area contributed by atoms with Gasteiger partial charge in [-0.1, -0.05) is 0 Å². The molecule has 1 rings (SSSR count). The maximum atomic E-state index is 10.4. The molecule has 7 heteroatoms. The first-order valence-corrected chi connectivity index (χ1v) is 4.33. The molecule has 1 aromatic rings. The largest absolute Gasteiger partial charge is 0.427 e. The van der Waals surface area contributed by atoms with Gasteiger partial charge in [-0.15, -0.1) is 0 Å². The van der Waals surface area contributed by atoms with E-state index in [1.165, 1.54) is 6.07 Å². The summed E-state index contributed by atoms with van der Waals surface area (Å²) in [6.07, 6.45) is 1.60. The van der Waals surface area contributed by atoms with Crippen LogP contribution in [0, 0.1) is 10.1 Å². The van der Waals surface area contributed by atoms with Crippen molar-refractivity contribution in [2.75, 3.05) is 13.2 Å². The van der Waals surface area contributed by atoms with E-state index in [9.17, 15) is 15.3 Å². The van der Waals surface area contributed by atoms with Gasteiger partial charge in [-0.05, 0) is 6.42 Å². The van der Waals surface area contributed by atoms with Crippen LogP contribution in [0.1, 0.15) is 6.42 Å². The molecule has 0 atom stereocenters. The number of aliphatic hydroxyl groups is 1. The highest BCUT2D eigenvalue weighted by atomic mass is 16.6. The van der Waals surface area contributed by atoms with Crippen LogP contribution >= 0.6 is 0 Å². The van der Waals surface area contributed by atoms with Crippen molar-refractivity contribution in [2.24, 2.45) is 4.99 Å². The second-order valence-electron chi connectivity index (χ2n) is 2.80. The first kappa shape index (κ1) is 11.2. The van der Waals surface area contributed by atoms with Gasteiger partial charge >= 0.3 is 0 Å². The Hall–Kier alpha value is -1.89. The van der Waals surface area contributed by atoms with Gasteiger partial charge in [-0.25, -0.2) is 0 Å². The van der Waals surface area contributed by atoms with Crippen LogP contribution in [-0.4, -0.2) is 33.1 Å². The number of hydrogen-bond acceptors (Lipinski definition) is 5. The zero-order valence-electron chi connectivity index (χ0n) is 7.91. The van der Waals surface area contributed by atoms with E-state index in [2.05, 4.69) is 4.99 Å². The van der Waals surface area contributed by atoms with Crippen LogP contribution in [-0.2, 0) is 0 Å². The minimum atomic E-state index is -0.564. The van der Waals surface area contributed by atoms with Gasteiger partial charge in [0, 0.05) is 19.2 Å². The lowest BCUT2D eigenvalue weighted by atomic mass is 10.4. The van der Waals surface area contributed by atoms with E-state index in [1.807, 2.05) is 0 Å². The van der Waals surface area contributed by atoms with E-state index in [4.69, 9.17) is 5.11 Å². The summed E-state index contributed by atoms with van der Waals surface area (Å²) in [5.74, 6) is 0. The molecule has 7 nitrogen and oxygen atoms in total. The van der Waals surface area contributed by atoms with Gasteiger partial charge in [-0.2, -0.15) is 4.73 Å². The standard InChI is InChI=1S/C8H11N3O4/c12-5-1-3-9-8-6-7(11(14)15)2-4-10(8)13/h2,4,6,12-13H,1,3,5H2. The van der Waals surface area contributed by atoms with Crippen molar-refractivity contribution in [1.82, 2.24) is 4.73 Å². The maximum Gasteiger partial charge on any atom is 0.274 e. The van der Waals surface area contributed by atoms with Crippen LogP contribution in [0.2, 0.25) is 0 Å². The Morgan fingerprint density at radius 3 is 2.93 bits per heavy atom. The molecule has 0 spiro atoms. The third kappa shape index (κ3) is 3.06. The molecule has 82 valence electrons. The van der Waals surface area contributed by atoms with Crippen molar-refractivity contribution in [2.45, 2.75) is 6.42 Å². The topological polar surface area (TPSA) is 101 Å². The van der Waals surface area contributed by atoms with E-state index in [1.54, 1.807) is 0 Å². The molecule has 2 N–H and O–H groups in total. The van der Waals surface area contributed by atoms with Gasteiger partial charge in [0.2, 0.25) is 0 Å². The monoisotopic (exact) mass is 213 g/mol. The Morgan fingerprint density at radius 1 is 1.60 bits per heavy atom. The lowest BCUT2D eigenvalue weighted by Crippen LogP contribution is -2.19. The molecule has 0 bridgehead atoms. The molecule has 15 heavy (non-hydrogen) atoms. The van der Waals surface area contributed by atoms with Crippen LogP contribution in [0.3, 0.4) is 0 Å². The van der Waals surface area contributed by atoms with Gasteiger partial charge in [0.1, 0.15) is 0 Å². The van der Waals surface area contributed by atoms with Crippen LogP contribution in [0.4, 0.5) is 5.69 Å². The lowest BCUT2D eigenvalue weighted by Gasteiger charge is -1.98. The quantitative estimate of drug-likeness (QED) is 0.316. The minimum Gasteiger partial charge on any atom is -0.427 e. The molecule has 0 aliphatic carbocycles. The highest BCUT2D eigenvalue weighted by Gasteiger charge is 2.05. The summed E-state index contributed by atoms with van der Waals surface area (Å²) in [6.45, 7) is 0.294. The second-order valence-corrected chi connectivity index (χ2v) is 2.80. The third-order valence-corrected chi connectivity index (χ3v) is 1.70. The molecule has 0 radical (unpaired) electrons. The summed E-state index contributed by atoms with van der Waals surface area (Å²) in [5.41, 5.74) is -0.0410. The van der Waals surface area contributed by atoms with E-state index < -0.39 is 4.92 Å². The van der Waals surface area contributed by atoms with E-state index in [0.717, 1.165) is 12.3 Å². The highest BCUT2D eigenvalue weighted by Crippen LogP contribution is 2.04. The van der Waals surface area contributed by atoms with Crippen LogP contribution in [0.15, 0.2) is 23.3 Å². The van der Waals surface area contributed by atoms with Gasteiger partial charge in [0.15, 0.2) is 5.49 Å². The number of nitro groups is 1. The highest BCUT2D eigenvalue weighted by molar-refractivity contribution is 5.25. The summed E-state index contributed by atoms with van der Waals surface area (Å²) in [6, 6.07) is 2.34. The predicted molar refractivity (Wildman–Crippen MR) is 50.4 cm³/mol. The Bertz CT molecular complexity index is 413. The van der Waals surface area contributed by atoms with Crippen molar-refractivity contribution in [3.8, 4) is 0 Å². The Kier molecular flexibility index (Phi) is 3.81. The number of aromatic nitrogens is 1. The Morgan fingerprint density at radius 2 is 2.33 bits per heavy atom. The fourth-order valence-corrected chi connectivity index (χ4v) is 0.966. The lowest BCUT2D eigenvalue weighted by molar-refractivity contribution is -0.385. The fraction of sp³-hybridized carbons (Fsp3) is 0.375. The third-order valence-electron chi connectivity index (χ3n) is 1.70. The zero-order chi connectivity index (χ0) is 11.3. The first-order valence-electron chi connectivity index (χ1n) is 4.33. The molecular weight excluding hydrogens is 202 g/mol. The normalized spacial score (nSPS) is 11.7. The first-order chi connectivity index (χ1) is 7.15. The van der Waals surface area contributed by atoms with Gasteiger partial charge < -0.3 is 10.3 Å². The van der Waals surface area contributed by atoms with Crippen molar-refractivity contribution >= 4 is 5.69 Å². The van der Waals surface area contributed by atoms with Crippen molar-refractivity contribution in [3.05, 3.63) is 33.9 Å². The number of nitrogens with zero attached hydrogens (tertiary/aromatic N) is 3. The van der Waals surface area contributed by atoms with Crippen molar-refractivity contribution in [1.29, 1.82) is 0 Å². The van der Waals surface area contributed by atoms with Gasteiger partial charge in [0.05, 0.1) is 17.2 Å². The summed E-state index contributed by atoms with van der Waals surface area (Å²) < 4.78 is 0.699. The summed E-state index contributed by atoms with van der Waals surface area (Å²) in [5, 5.41) is 28.2. The average Bonchev–Trinajstić information content (AvgIpc) is 2.20. The van der Waals surface area contributed by atoms with Gasteiger partial charge in [-0.3, -0.25) is 15.1 Å². The molecular formula is C8H11N3O4. The number of hydrogen-bond donors (Lipinski definition) is 2. The summed E-state index contributed by atoms with van der Waals surface area (Å²) in [4.78, 5) is 13.8. The SMILES string of the molecule is O=[N+]([O-])c1ccn(O)c(=NCCCO)c1.